The molecule has 0 heterocycles. The first kappa shape index (κ1) is 16.2. The number of hydrogen-bond acceptors (Lipinski definition) is 5. The minimum absolute atomic E-state index is 0.189. The Kier molecular flexibility index (Phi) is 5.09. The minimum atomic E-state index is -0.537. The molecule has 0 aliphatic rings. The topological polar surface area (TPSA) is 81.7 Å². The number of rotatable bonds is 4. The predicted octanol–water partition coefficient (Wildman–Crippen LogP) is 2.65. The number of anilines is 1. The van der Waals surface area contributed by atoms with Crippen molar-refractivity contribution < 1.29 is 23.9 Å². The molecule has 0 aliphatic carbocycles. The lowest BCUT2D eigenvalue weighted by molar-refractivity contribution is -0.114. The third kappa shape index (κ3) is 4.41. The molecule has 0 aromatic heterocycles. The van der Waals surface area contributed by atoms with Gasteiger partial charge in [-0.25, -0.2) is 9.59 Å². The molecule has 0 bridgehead atoms. The fraction of sp³-hybridized carbons (Fsp3) is 0.118. The van der Waals surface area contributed by atoms with Gasteiger partial charge in [0, 0.05) is 12.6 Å². The summed E-state index contributed by atoms with van der Waals surface area (Å²) >= 11 is 0. The molecular formula is C17H15NO5. The van der Waals surface area contributed by atoms with Gasteiger partial charge in [0.2, 0.25) is 5.91 Å². The highest BCUT2D eigenvalue weighted by molar-refractivity contribution is 5.93. The van der Waals surface area contributed by atoms with Crippen LogP contribution in [-0.2, 0) is 9.53 Å². The second-order valence-electron chi connectivity index (χ2n) is 4.66. The van der Waals surface area contributed by atoms with Gasteiger partial charge < -0.3 is 14.8 Å². The SMILES string of the molecule is COC(=O)c1ccc(OC(=O)c2ccc(NC(C)=O)cc2)cc1. The number of ether oxygens (including phenoxy) is 2. The zero-order valence-electron chi connectivity index (χ0n) is 12.7. The number of carbonyl (C=O) groups is 3. The lowest BCUT2D eigenvalue weighted by Gasteiger charge is -2.06. The summed E-state index contributed by atoms with van der Waals surface area (Å²) in [5.41, 5.74) is 1.31. The normalized spacial score (nSPS) is 9.83. The summed E-state index contributed by atoms with van der Waals surface area (Å²) in [4.78, 5) is 34.3. The minimum Gasteiger partial charge on any atom is -0.465 e. The summed E-state index contributed by atoms with van der Waals surface area (Å²) in [5, 5.41) is 2.61. The number of carbonyl (C=O) groups excluding carboxylic acids is 3. The highest BCUT2D eigenvalue weighted by Crippen LogP contribution is 2.16. The van der Waals surface area contributed by atoms with Crippen molar-refractivity contribution in [3.8, 4) is 5.75 Å². The van der Waals surface area contributed by atoms with Crippen LogP contribution in [-0.4, -0.2) is 25.0 Å². The van der Waals surface area contributed by atoms with Crippen LogP contribution in [0.2, 0.25) is 0 Å². The molecule has 0 aliphatic heterocycles. The van der Waals surface area contributed by atoms with E-state index in [1.165, 1.54) is 38.3 Å². The van der Waals surface area contributed by atoms with E-state index in [9.17, 15) is 14.4 Å². The number of benzene rings is 2. The van der Waals surface area contributed by atoms with E-state index in [0.717, 1.165) is 0 Å². The van der Waals surface area contributed by atoms with Crippen molar-refractivity contribution in [3.05, 3.63) is 59.7 Å². The summed E-state index contributed by atoms with van der Waals surface area (Å²) in [7, 11) is 1.29. The Balaban J connectivity index is 2.03. The molecule has 6 heteroatoms. The van der Waals surface area contributed by atoms with Crippen molar-refractivity contribution in [3.63, 3.8) is 0 Å². The third-order valence-electron chi connectivity index (χ3n) is 2.93. The van der Waals surface area contributed by atoms with Gasteiger partial charge in [-0.3, -0.25) is 4.79 Å². The van der Waals surface area contributed by atoms with Gasteiger partial charge in [0.05, 0.1) is 18.2 Å². The predicted molar refractivity (Wildman–Crippen MR) is 83.5 cm³/mol. The lowest BCUT2D eigenvalue weighted by Crippen LogP contribution is -2.10. The van der Waals surface area contributed by atoms with E-state index in [1.807, 2.05) is 0 Å². The molecule has 1 amide bonds. The van der Waals surface area contributed by atoms with Crippen LogP contribution in [0.3, 0.4) is 0 Å². The Morgan fingerprint density at radius 1 is 0.826 bits per heavy atom. The second kappa shape index (κ2) is 7.22. The first-order valence-electron chi connectivity index (χ1n) is 6.78. The van der Waals surface area contributed by atoms with Crippen LogP contribution in [0.25, 0.3) is 0 Å². The molecule has 2 aromatic rings. The van der Waals surface area contributed by atoms with Gasteiger partial charge in [-0.2, -0.15) is 0 Å². The highest BCUT2D eigenvalue weighted by atomic mass is 16.5. The molecule has 23 heavy (non-hydrogen) atoms. The second-order valence-corrected chi connectivity index (χ2v) is 4.66. The Morgan fingerprint density at radius 2 is 1.35 bits per heavy atom. The number of methoxy groups -OCH3 is 1. The monoisotopic (exact) mass is 313 g/mol. The molecule has 0 radical (unpaired) electrons. The molecule has 0 spiro atoms. The maximum Gasteiger partial charge on any atom is 0.343 e. The Morgan fingerprint density at radius 3 is 1.87 bits per heavy atom. The van der Waals surface area contributed by atoms with Crippen molar-refractivity contribution in [1.82, 2.24) is 0 Å². The molecule has 0 saturated carbocycles. The number of hydrogen-bond donors (Lipinski definition) is 1. The number of esters is 2. The Hall–Kier alpha value is -3.15. The fourth-order valence-electron chi connectivity index (χ4n) is 1.84. The quantitative estimate of drug-likeness (QED) is 0.693. The standard InChI is InChI=1S/C17H15NO5/c1-11(19)18-14-7-3-13(4-8-14)17(21)23-15-9-5-12(6-10-15)16(20)22-2/h3-10H,1-2H3,(H,18,19). The van der Waals surface area contributed by atoms with E-state index in [-0.39, 0.29) is 5.91 Å². The summed E-state index contributed by atoms with van der Waals surface area (Å²) in [5.74, 6) is -0.874. The average molecular weight is 313 g/mol. The van der Waals surface area contributed by atoms with Gasteiger partial charge in [-0.05, 0) is 48.5 Å². The molecule has 118 valence electrons. The first-order valence-corrected chi connectivity index (χ1v) is 6.78. The van der Waals surface area contributed by atoms with Gasteiger partial charge in [-0.1, -0.05) is 0 Å². The van der Waals surface area contributed by atoms with Gasteiger partial charge in [0.1, 0.15) is 5.75 Å². The summed E-state index contributed by atoms with van der Waals surface area (Å²) in [6.07, 6.45) is 0. The van der Waals surface area contributed by atoms with E-state index >= 15 is 0 Å². The number of amides is 1. The Labute approximate surface area is 133 Å². The highest BCUT2D eigenvalue weighted by Gasteiger charge is 2.10. The molecule has 2 rings (SSSR count). The molecule has 6 nitrogen and oxygen atoms in total. The van der Waals surface area contributed by atoms with Crippen LogP contribution >= 0.6 is 0 Å². The molecule has 0 atom stereocenters. The van der Waals surface area contributed by atoms with Crippen molar-refractivity contribution in [2.24, 2.45) is 0 Å². The van der Waals surface area contributed by atoms with E-state index < -0.39 is 11.9 Å². The molecule has 0 unspecified atom stereocenters. The summed E-state index contributed by atoms with van der Waals surface area (Å²) in [6.45, 7) is 1.40. The van der Waals surface area contributed by atoms with Crippen molar-refractivity contribution in [2.45, 2.75) is 6.92 Å². The van der Waals surface area contributed by atoms with Crippen LogP contribution < -0.4 is 10.1 Å². The fourth-order valence-corrected chi connectivity index (χ4v) is 1.84. The average Bonchev–Trinajstić information content (AvgIpc) is 2.55. The van der Waals surface area contributed by atoms with E-state index in [2.05, 4.69) is 10.1 Å². The van der Waals surface area contributed by atoms with Crippen molar-refractivity contribution in [1.29, 1.82) is 0 Å². The largest absolute Gasteiger partial charge is 0.465 e. The van der Waals surface area contributed by atoms with Crippen LogP contribution in [0.4, 0.5) is 5.69 Å². The zero-order chi connectivity index (χ0) is 16.8. The van der Waals surface area contributed by atoms with Gasteiger partial charge in [-0.15, -0.1) is 0 Å². The van der Waals surface area contributed by atoms with Crippen LogP contribution in [0.1, 0.15) is 27.6 Å². The maximum atomic E-state index is 12.0. The first-order chi connectivity index (χ1) is 11.0. The smallest absolute Gasteiger partial charge is 0.343 e. The summed E-state index contributed by atoms with van der Waals surface area (Å²) in [6, 6.07) is 12.4. The van der Waals surface area contributed by atoms with Crippen LogP contribution in [0, 0.1) is 0 Å². The van der Waals surface area contributed by atoms with Crippen molar-refractivity contribution >= 4 is 23.5 Å². The van der Waals surface area contributed by atoms with Crippen LogP contribution in [0.15, 0.2) is 48.5 Å². The van der Waals surface area contributed by atoms with Gasteiger partial charge >= 0.3 is 11.9 Å². The zero-order valence-corrected chi connectivity index (χ0v) is 12.7. The van der Waals surface area contributed by atoms with Crippen molar-refractivity contribution in [2.75, 3.05) is 12.4 Å². The third-order valence-corrected chi connectivity index (χ3v) is 2.93. The Bertz CT molecular complexity index is 720. The molecule has 0 saturated heterocycles. The molecule has 2 aromatic carbocycles. The molecular weight excluding hydrogens is 298 g/mol. The summed E-state index contributed by atoms with van der Waals surface area (Å²) < 4.78 is 9.80. The maximum absolute atomic E-state index is 12.0. The lowest BCUT2D eigenvalue weighted by atomic mass is 10.2. The van der Waals surface area contributed by atoms with E-state index in [0.29, 0.717) is 22.6 Å². The molecule has 0 fully saturated rings. The van der Waals surface area contributed by atoms with E-state index in [4.69, 9.17) is 4.74 Å². The number of nitrogens with one attached hydrogen (secondary N) is 1. The van der Waals surface area contributed by atoms with Crippen LogP contribution in [0.5, 0.6) is 5.75 Å². The van der Waals surface area contributed by atoms with E-state index in [1.54, 1.807) is 24.3 Å². The molecule has 1 N–H and O–H groups in total. The van der Waals surface area contributed by atoms with Gasteiger partial charge in [0.15, 0.2) is 0 Å². The van der Waals surface area contributed by atoms with Gasteiger partial charge in [0.25, 0.3) is 0 Å².